The molecule has 0 aromatic rings. The summed E-state index contributed by atoms with van der Waals surface area (Å²) in [6.07, 6.45) is 3.01. The molecule has 1 aliphatic carbocycles. The molecule has 7 nitrogen and oxygen atoms in total. The van der Waals surface area contributed by atoms with Gasteiger partial charge in [-0.25, -0.2) is 4.79 Å². The molecule has 2 aliphatic heterocycles. The Bertz CT molecular complexity index is 481. The van der Waals surface area contributed by atoms with Crippen LogP contribution in [0.4, 0.5) is 0 Å². The summed E-state index contributed by atoms with van der Waals surface area (Å²) in [6, 6.07) is -0.969. The van der Waals surface area contributed by atoms with E-state index in [1.807, 2.05) is 0 Å². The van der Waals surface area contributed by atoms with Gasteiger partial charge in [-0.3, -0.25) is 9.59 Å². The van der Waals surface area contributed by atoms with Crippen molar-refractivity contribution in [3.63, 3.8) is 0 Å². The van der Waals surface area contributed by atoms with Gasteiger partial charge in [0.15, 0.2) is 0 Å². The van der Waals surface area contributed by atoms with Crippen LogP contribution in [0.1, 0.15) is 25.7 Å². The van der Waals surface area contributed by atoms with Gasteiger partial charge < -0.3 is 20.7 Å². The molecule has 7 heteroatoms. The zero-order valence-electron chi connectivity index (χ0n) is 12.8. The van der Waals surface area contributed by atoms with Crippen molar-refractivity contribution in [2.75, 3.05) is 20.2 Å². The van der Waals surface area contributed by atoms with Gasteiger partial charge in [0.1, 0.15) is 6.04 Å². The van der Waals surface area contributed by atoms with Crippen LogP contribution in [0.5, 0.6) is 0 Å². The van der Waals surface area contributed by atoms with E-state index >= 15 is 0 Å². The van der Waals surface area contributed by atoms with E-state index < -0.39 is 12.0 Å². The Balaban J connectivity index is 1.60. The summed E-state index contributed by atoms with van der Waals surface area (Å²) in [5.74, 6) is 0.0698. The smallest absolute Gasteiger partial charge is 0.328 e. The second-order valence-electron chi connectivity index (χ2n) is 6.50. The van der Waals surface area contributed by atoms with Gasteiger partial charge in [-0.2, -0.15) is 0 Å². The van der Waals surface area contributed by atoms with Crippen molar-refractivity contribution in [3.8, 4) is 0 Å². The third kappa shape index (κ3) is 3.09. The van der Waals surface area contributed by atoms with E-state index in [9.17, 15) is 14.4 Å². The largest absolute Gasteiger partial charge is 0.467 e. The van der Waals surface area contributed by atoms with Crippen LogP contribution in [0.15, 0.2) is 0 Å². The topological polar surface area (TPSA) is 96.5 Å². The van der Waals surface area contributed by atoms with Gasteiger partial charge in [0.2, 0.25) is 11.8 Å². The van der Waals surface area contributed by atoms with Crippen molar-refractivity contribution < 1.29 is 19.1 Å². The number of hydrogen-bond acceptors (Lipinski definition) is 5. The minimum absolute atomic E-state index is 0.0457. The number of piperidine rings is 2. The molecule has 0 spiro atoms. The SMILES string of the molecule is COC(=O)[C@H](C[C@@H]1CCCNC1=O)NC(=O)[C@H]1NC[C@@H]2C[C@@H]21. The lowest BCUT2D eigenvalue weighted by molar-refractivity contribution is -0.146. The highest BCUT2D eigenvalue weighted by Crippen LogP contribution is 2.45. The highest BCUT2D eigenvalue weighted by Gasteiger charge is 2.51. The zero-order valence-corrected chi connectivity index (χ0v) is 12.8. The first-order valence-corrected chi connectivity index (χ1v) is 7.99. The summed E-state index contributed by atoms with van der Waals surface area (Å²) < 4.78 is 4.78. The molecule has 0 aromatic heterocycles. The maximum absolute atomic E-state index is 12.4. The van der Waals surface area contributed by atoms with Crippen LogP contribution in [0, 0.1) is 17.8 Å². The van der Waals surface area contributed by atoms with Crippen molar-refractivity contribution >= 4 is 17.8 Å². The molecular formula is C15H23N3O4. The maximum Gasteiger partial charge on any atom is 0.328 e. The minimum Gasteiger partial charge on any atom is -0.467 e. The average molecular weight is 309 g/mol. The fourth-order valence-corrected chi connectivity index (χ4v) is 3.59. The molecular weight excluding hydrogens is 286 g/mol. The monoisotopic (exact) mass is 309 g/mol. The first-order valence-electron chi connectivity index (χ1n) is 7.99. The van der Waals surface area contributed by atoms with Crippen LogP contribution < -0.4 is 16.0 Å². The van der Waals surface area contributed by atoms with Gasteiger partial charge in [0.05, 0.1) is 13.2 Å². The molecule has 3 N–H and O–H groups in total. The van der Waals surface area contributed by atoms with Crippen LogP contribution in [-0.2, 0) is 19.1 Å². The van der Waals surface area contributed by atoms with Crippen LogP contribution in [0.25, 0.3) is 0 Å². The molecule has 3 aliphatic rings. The number of esters is 1. The molecule has 5 atom stereocenters. The van der Waals surface area contributed by atoms with Crippen LogP contribution in [0.3, 0.4) is 0 Å². The molecule has 0 unspecified atom stereocenters. The number of amides is 2. The number of ether oxygens (including phenoxy) is 1. The average Bonchev–Trinajstić information content (AvgIpc) is 3.17. The van der Waals surface area contributed by atoms with Crippen molar-refractivity contribution in [3.05, 3.63) is 0 Å². The van der Waals surface area contributed by atoms with Crippen molar-refractivity contribution in [1.29, 1.82) is 0 Å². The Morgan fingerprint density at radius 2 is 2.27 bits per heavy atom. The Morgan fingerprint density at radius 1 is 1.45 bits per heavy atom. The van der Waals surface area contributed by atoms with Gasteiger partial charge in [-0.05, 0) is 44.1 Å². The summed E-state index contributed by atoms with van der Waals surface area (Å²) in [5, 5.41) is 8.77. The lowest BCUT2D eigenvalue weighted by Gasteiger charge is -2.26. The summed E-state index contributed by atoms with van der Waals surface area (Å²) in [4.78, 5) is 36.2. The maximum atomic E-state index is 12.4. The lowest BCUT2D eigenvalue weighted by Crippen LogP contribution is -2.51. The van der Waals surface area contributed by atoms with Crippen LogP contribution in [-0.4, -0.2) is 50.1 Å². The predicted molar refractivity (Wildman–Crippen MR) is 77.7 cm³/mol. The Hall–Kier alpha value is -1.63. The lowest BCUT2D eigenvalue weighted by atomic mass is 9.91. The highest BCUT2D eigenvalue weighted by molar-refractivity contribution is 5.89. The third-order valence-corrected chi connectivity index (χ3v) is 5.01. The molecule has 22 heavy (non-hydrogen) atoms. The number of hydrogen-bond donors (Lipinski definition) is 3. The fourth-order valence-electron chi connectivity index (χ4n) is 3.59. The van der Waals surface area contributed by atoms with Crippen molar-refractivity contribution in [2.24, 2.45) is 17.8 Å². The Kier molecular flexibility index (Phi) is 4.33. The molecule has 0 radical (unpaired) electrons. The second-order valence-corrected chi connectivity index (χ2v) is 6.50. The van der Waals surface area contributed by atoms with Gasteiger partial charge in [-0.1, -0.05) is 0 Å². The predicted octanol–water partition coefficient (Wildman–Crippen LogP) is -0.832. The van der Waals surface area contributed by atoms with E-state index in [0.29, 0.717) is 24.8 Å². The third-order valence-electron chi connectivity index (χ3n) is 5.01. The number of rotatable bonds is 5. The number of methoxy groups -OCH3 is 1. The minimum atomic E-state index is -0.758. The van der Waals surface area contributed by atoms with Crippen LogP contribution >= 0.6 is 0 Å². The summed E-state index contributed by atoms with van der Waals surface area (Å²) in [6.45, 7) is 1.55. The zero-order chi connectivity index (χ0) is 15.7. The number of fused-ring (bicyclic) bond motifs is 1. The summed E-state index contributed by atoms with van der Waals surface area (Å²) in [7, 11) is 1.30. The molecule has 2 amide bonds. The van der Waals surface area contributed by atoms with Gasteiger partial charge in [-0.15, -0.1) is 0 Å². The molecule has 1 saturated carbocycles. The van der Waals surface area contributed by atoms with E-state index in [2.05, 4.69) is 16.0 Å². The van der Waals surface area contributed by atoms with Gasteiger partial charge >= 0.3 is 5.97 Å². The number of carbonyl (C=O) groups excluding carboxylic acids is 3. The van der Waals surface area contributed by atoms with Crippen molar-refractivity contribution in [2.45, 2.75) is 37.8 Å². The molecule has 3 fully saturated rings. The van der Waals surface area contributed by atoms with E-state index in [4.69, 9.17) is 4.74 Å². The van der Waals surface area contributed by atoms with Gasteiger partial charge in [0.25, 0.3) is 0 Å². The standard InChI is InChI=1S/C15H23N3O4/c1-22-15(21)11(6-8-3-2-4-16-13(8)19)18-14(20)12-10-5-9(10)7-17-12/h8-12,17H,2-7H2,1H3,(H,16,19)(H,18,20)/t8-,9-,10-,11-,12-/m0/s1. The molecule has 3 rings (SSSR count). The van der Waals surface area contributed by atoms with E-state index in [1.54, 1.807) is 0 Å². The first-order chi connectivity index (χ1) is 10.6. The fraction of sp³-hybridized carbons (Fsp3) is 0.800. The van der Waals surface area contributed by atoms with E-state index in [0.717, 1.165) is 25.8 Å². The van der Waals surface area contributed by atoms with Crippen LogP contribution in [0.2, 0.25) is 0 Å². The molecule has 2 saturated heterocycles. The molecule has 0 aromatic carbocycles. The Morgan fingerprint density at radius 3 is 2.86 bits per heavy atom. The van der Waals surface area contributed by atoms with Gasteiger partial charge in [0, 0.05) is 12.5 Å². The number of nitrogens with one attached hydrogen (secondary N) is 3. The molecule has 0 bridgehead atoms. The first kappa shape index (κ1) is 15.3. The quantitative estimate of drug-likeness (QED) is 0.576. The second kappa shape index (κ2) is 6.24. The highest BCUT2D eigenvalue weighted by atomic mass is 16.5. The molecule has 2 heterocycles. The summed E-state index contributed by atoms with van der Waals surface area (Å²) >= 11 is 0. The normalized spacial score (nSPS) is 34.3. The summed E-state index contributed by atoms with van der Waals surface area (Å²) in [5.41, 5.74) is 0. The molecule has 122 valence electrons. The Labute approximate surface area is 129 Å². The van der Waals surface area contributed by atoms with Crippen molar-refractivity contribution in [1.82, 2.24) is 16.0 Å². The van der Waals surface area contributed by atoms with E-state index in [1.165, 1.54) is 7.11 Å². The number of carbonyl (C=O) groups is 3. The van der Waals surface area contributed by atoms with E-state index in [-0.39, 0.29) is 23.8 Å².